The number of hydrogen-bond acceptors (Lipinski definition) is 3. The summed E-state index contributed by atoms with van der Waals surface area (Å²) in [6, 6.07) is 7.00. The highest BCUT2D eigenvalue weighted by Crippen LogP contribution is 2.11. The van der Waals surface area contributed by atoms with E-state index in [-0.39, 0.29) is 6.54 Å². The Balaban J connectivity index is 2.43. The molecule has 0 fully saturated rings. The molecule has 2 amide bonds. The zero-order valence-corrected chi connectivity index (χ0v) is 11.8. The second-order valence-electron chi connectivity index (χ2n) is 4.28. The molecule has 0 saturated heterocycles. The third-order valence-corrected chi connectivity index (χ3v) is 2.74. The topological polar surface area (TPSA) is 78.9 Å². The van der Waals surface area contributed by atoms with E-state index in [0.717, 1.165) is 16.2 Å². The van der Waals surface area contributed by atoms with Gasteiger partial charge in [-0.2, -0.15) is 0 Å². The molecule has 0 radical (unpaired) electrons. The van der Waals surface area contributed by atoms with Crippen LogP contribution in [-0.2, 0) is 11.2 Å². The summed E-state index contributed by atoms with van der Waals surface area (Å²) in [5.41, 5.74) is 1.04. The molecule has 6 nitrogen and oxygen atoms in total. The molecular weight excluding hydrogens is 272 g/mol. The van der Waals surface area contributed by atoms with Crippen LogP contribution in [0.5, 0.6) is 5.75 Å². The zero-order chi connectivity index (χ0) is 15.7. The van der Waals surface area contributed by atoms with Crippen LogP contribution < -0.4 is 10.1 Å². The van der Waals surface area contributed by atoms with Gasteiger partial charge in [0.25, 0.3) is 0 Å². The lowest BCUT2D eigenvalue weighted by molar-refractivity contribution is -0.137. The number of carboxylic acid groups (broad SMARTS) is 1. The molecule has 1 rings (SSSR count). The molecule has 0 bridgehead atoms. The van der Waals surface area contributed by atoms with Crippen molar-refractivity contribution < 1.29 is 19.4 Å². The number of aliphatic carboxylic acids is 1. The van der Waals surface area contributed by atoms with Crippen molar-refractivity contribution in [2.45, 2.75) is 6.42 Å². The summed E-state index contributed by atoms with van der Waals surface area (Å²) in [6.45, 7) is -0.0644. The van der Waals surface area contributed by atoms with Gasteiger partial charge in [0, 0.05) is 6.54 Å². The number of urea groups is 1. The fourth-order valence-electron chi connectivity index (χ4n) is 1.69. The molecule has 21 heavy (non-hydrogen) atoms. The van der Waals surface area contributed by atoms with E-state index in [1.165, 1.54) is 0 Å². The predicted octanol–water partition coefficient (Wildman–Crippen LogP) is 0.967. The van der Waals surface area contributed by atoms with Gasteiger partial charge in [-0.25, -0.2) is 4.79 Å². The minimum atomic E-state index is -1.10. The average Bonchev–Trinajstić information content (AvgIpc) is 2.47. The summed E-state index contributed by atoms with van der Waals surface area (Å²) in [7, 11) is 1.59. The normalized spacial score (nSPS) is 9.52. The Labute approximate surface area is 123 Å². The van der Waals surface area contributed by atoms with Crippen molar-refractivity contribution in [1.82, 2.24) is 10.2 Å². The van der Waals surface area contributed by atoms with Gasteiger partial charge in [0.1, 0.15) is 12.3 Å². The predicted molar refractivity (Wildman–Crippen MR) is 78.1 cm³/mol. The van der Waals surface area contributed by atoms with Gasteiger partial charge in [-0.1, -0.05) is 18.1 Å². The summed E-state index contributed by atoms with van der Waals surface area (Å²) < 4.78 is 5.06. The second kappa shape index (κ2) is 8.48. The Bertz CT molecular complexity index is 519. The van der Waals surface area contributed by atoms with Gasteiger partial charge in [0.05, 0.1) is 13.7 Å². The van der Waals surface area contributed by atoms with Crippen LogP contribution in [0, 0.1) is 12.3 Å². The highest BCUT2D eigenvalue weighted by atomic mass is 16.5. The minimum absolute atomic E-state index is 0.0410. The number of methoxy groups -OCH3 is 1. The highest BCUT2D eigenvalue weighted by Gasteiger charge is 2.14. The molecule has 1 aromatic rings. The molecule has 0 unspecified atom stereocenters. The summed E-state index contributed by atoms with van der Waals surface area (Å²) in [4.78, 5) is 23.5. The van der Waals surface area contributed by atoms with Crippen LogP contribution in [0.1, 0.15) is 5.56 Å². The second-order valence-corrected chi connectivity index (χ2v) is 4.28. The number of amides is 2. The maximum atomic E-state index is 11.8. The van der Waals surface area contributed by atoms with E-state index in [2.05, 4.69) is 11.2 Å². The number of terminal acetylenes is 1. The molecule has 6 heteroatoms. The fourth-order valence-corrected chi connectivity index (χ4v) is 1.69. The van der Waals surface area contributed by atoms with Crippen LogP contribution in [0.15, 0.2) is 24.3 Å². The monoisotopic (exact) mass is 290 g/mol. The molecule has 0 spiro atoms. The van der Waals surface area contributed by atoms with Crippen LogP contribution >= 0.6 is 0 Å². The third kappa shape index (κ3) is 5.87. The van der Waals surface area contributed by atoms with Gasteiger partial charge in [-0.05, 0) is 24.1 Å². The van der Waals surface area contributed by atoms with E-state index in [4.69, 9.17) is 16.3 Å². The maximum Gasteiger partial charge on any atom is 0.323 e. The van der Waals surface area contributed by atoms with Crippen LogP contribution in [0.25, 0.3) is 0 Å². The van der Waals surface area contributed by atoms with Crippen molar-refractivity contribution in [3.8, 4) is 18.1 Å². The first kappa shape index (κ1) is 16.4. The lowest BCUT2D eigenvalue weighted by Crippen LogP contribution is -2.43. The van der Waals surface area contributed by atoms with E-state index >= 15 is 0 Å². The lowest BCUT2D eigenvalue weighted by Gasteiger charge is -2.18. The number of ether oxygens (including phenoxy) is 1. The Morgan fingerprint density at radius 3 is 2.57 bits per heavy atom. The Morgan fingerprint density at radius 2 is 2.05 bits per heavy atom. The van der Waals surface area contributed by atoms with Gasteiger partial charge in [-0.15, -0.1) is 6.42 Å². The van der Waals surface area contributed by atoms with Gasteiger partial charge < -0.3 is 20.1 Å². The van der Waals surface area contributed by atoms with E-state index in [1.807, 2.05) is 24.3 Å². The fraction of sp³-hybridized carbons (Fsp3) is 0.333. The summed E-state index contributed by atoms with van der Waals surface area (Å²) in [5, 5.41) is 11.4. The standard InChI is InChI=1S/C15H18N2O4/c1-3-10-17(11-14(18)19)15(20)16-9-8-12-4-6-13(21-2)7-5-12/h1,4-7H,8-11H2,2H3,(H,16,20)(H,18,19). The third-order valence-electron chi connectivity index (χ3n) is 2.74. The molecule has 1 aromatic carbocycles. The number of carboxylic acids is 1. The summed E-state index contributed by atoms with van der Waals surface area (Å²) >= 11 is 0. The highest BCUT2D eigenvalue weighted by molar-refractivity contribution is 5.80. The molecule has 0 aliphatic carbocycles. The van der Waals surface area contributed by atoms with Crippen molar-refractivity contribution in [2.75, 3.05) is 26.7 Å². The van der Waals surface area contributed by atoms with Crippen molar-refractivity contribution in [3.63, 3.8) is 0 Å². The number of benzene rings is 1. The Hall–Kier alpha value is -2.68. The first-order valence-electron chi connectivity index (χ1n) is 6.37. The molecule has 0 aliphatic heterocycles. The minimum Gasteiger partial charge on any atom is -0.497 e. The largest absolute Gasteiger partial charge is 0.497 e. The van der Waals surface area contributed by atoms with E-state index < -0.39 is 18.5 Å². The van der Waals surface area contributed by atoms with Gasteiger partial charge in [-0.3, -0.25) is 4.79 Å². The van der Waals surface area contributed by atoms with Gasteiger partial charge >= 0.3 is 12.0 Å². The van der Waals surface area contributed by atoms with E-state index in [9.17, 15) is 9.59 Å². The molecule has 0 aromatic heterocycles. The maximum absolute atomic E-state index is 11.8. The zero-order valence-electron chi connectivity index (χ0n) is 11.8. The first-order chi connectivity index (χ1) is 10.1. The van der Waals surface area contributed by atoms with Crippen molar-refractivity contribution >= 4 is 12.0 Å². The summed E-state index contributed by atoms with van der Waals surface area (Å²) in [6.07, 6.45) is 5.75. The number of nitrogens with zero attached hydrogens (tertiary/aromatic N) is 1. The number of carbonyl (C=O) groups is 2. The van der Waals surface area contributed by atoms with E-state index in [1.54, 1.807) is 7.11 Å². The molecule has 112 valence electrons. The quantitative estimate of drug-likeness (QED) is 0.733. The van der Waals surface area contributed by atoms with E-state index in [0.29, 0.717) is 13.0 Å². The molecule has 0 aliphatic rings. The Morgan fingerprint density at radius 1 is 1.38 bits per heavy atom. The number of hydrogen-bond donors (Lipinski definition) is 2. The average molecular weight is 290 g/mol. The molecular formula is C15H18N2O4. The van der Waals surface area contributed by atoms with Crippen LogP contribution in [0.4, 0.5) is 4.79 Å². The number of rotatable bonds is 7. The van der Waals surface area contributed by atoms with Crippen molar-refractivity contribution in [3.05, 3.63) is 29.8 Å². The van der Waals surface area contributed by atoms with Crippen LogP contribution in [0.3, 0.4) is 0 Å². The molecule has 2 N–H and O–H groups in total. The van der Waals surface area contributed by atoms with Gasteiger partial charge in [0.2, 0.25) is 0 Å². The number of carbonyl (C=O) groups excluding carboxylic acids is 1. The lowest BCUT2D eigenvalue weighted by atomic mass is 10.1. The van der Waals surface area contributed by atoms with Crippen LogP contribution in [0.2, 0.25) is 0 Å². The van der Waals surface area contributed by atoms with Crippen LogP contribution in [-0.4, -0.2) is 48.8 Å². The Kier molecular flexibility index (Phi) is 6.61. The SMILES string of the molecule is C#CCN(CC(=O)O)C(=O)NCCc1ccc(OC)cc1. The van der Waals surface area contributed by atoms with Gasteiger partial charge in [0.15, 0.2) is 0 Å². The smallest absolute Gasteiger partial charge is 0.323 e. The first-order valence-corrected chi connectivity index (χ1v) is 6.37. The molecule has 0 atom stereocenters. The summed E-state index contributed by atoms with van der Waals surface area (Å²) in [5.74, 6) is 1.93. The van der Waals surface area contributed by atoms with Crippen molar-refractivity contribution in [1.29, 1.82) is 0 Å². The number of nitrogens with one attached hydrogen (secondary N) is 1. The molecule has 0 heterocycles. The molecule has 0 saturated carbocycles. The van der Waals surface area contributed by atoms with Crippen molar-refractivity contribution in [2.24, 2.45) is 0 Å².